The highest BCUT2D eigenvalue weighted by atomic mass is 35.5. The number of nitro groups is 1. The van der Waals surface area contributed by atoms with Crippen molar-refractivity contribution < 1.29 is 19.2 Å². The number of amides is 1. The summed E-state index contributed by atoms with van der Waals surface area (Å²) < 4.78 is 5.09. The van der Waals surface area contributed by atoms with Gasteiger partial charge in [-0.1, -0.05) is 37.6 Å². The minimum absolute atomic E-state index is 0.0629. The van der Waals surface area contributed by atoms with Gasteiger partial charge >= 0.3 is 5.97 Å². The monoisotopic (exact) mass is 390 g/mol. The molecule has 0 aromatic heterocycles. The molecule has 0 unspecified atom stereocenters. The summed E-state index contributed by atoms with van der Waals surface area (Å²) in [4.78, 5) is 34.6. The molecule has 1 atom stereocenters. The van der Waals surface area contributed by atoms with Crippen molar-refractivity contribution in [1.29, 1.82) is 0 Å². The second-order valence-corrected chi connectivity index (χ2v) is 6.64. The third kappa shape index (κ3) is 5.27. The zero-order valence-corrected chi connectivity index (χ0v) is 15.8. The van der Waals surface area contributed by atoms with Crippen LogP contribution in [-0.2, 0) is 9.53 Å². The summed E-state index contributed by atoms with van der Waals surface area (Å²) in [5.74, 6) is -0.991. The molecule has 0 heterocycles. The Morgan fingerprint density at radius 2 is 1.74 bits per heavy atom. The SMILES string of the molecule is CC(C)c1ccc(NC(=O)[C@H](C)OC(=O)c2ccc(Cl)c([N+](=O)[O-])c2)cc1. The molecule has 0 aliphatic carbocycles. The Bertz CT molecular complexity index is 865. The molecule has 0 fully saturated rings. The number of rotatable bonds is 6. The van der Waals surface area contributed by atoms with E-state index in [-0.39, 0.29) is 10.6 Å². The first kappa shape index (κ1) is 20.4. The molecular formula is C19H19ClN2O5. The van der Waals surface area contributed by atoms with E-state index in [1.54, 1.807) is 12.1 Å². The smallest absolute Gasteiger partial charge is 0.339 e. The van der Waals surface area contributed by atoms with Gasteiger partial charge in [-0.3, -0.25) is 14.9 Å². The summed E-state index contributed by atoms with van der Waals surface area (Å²) in [6, 6.07) is 10.9. The fourth-order valence-corrected chi connectivity index (χ4v) is 2.44. The molecule has 1 amide bonds. The lowest BCUT2D eigenvalue weighted by Gasteiger charge is -2.14. The first-order valence-electron chi connectivity index (χ1n) is 8.24. The van der Waals surface area contributed by atoms with E-state index in [1.165, 1.54) is 19.1 Å². The number of halogens is 1. The van der Waals surface area contributed by atoms with Crippen molar-refractivity contribution in [2.24, 2.45) is 0 Å². The summed E-state index contributed by atoms with van der Waals surface area (Å²) in [6.45, 7) is 5.55. The Morgan fingerprint density at radius 1 is 1.11 bits per heavy atom. The Morgan fingerprint density at radius 3 is 2.30 bits per heavy atom. The topological polar surface area (TPSA) is 98.5 Å². The van der Waals surface area contributed by atoms with E-state index in [1.807, 2.05) is 12.1 Å². The number of carbonyl (C=O) groups is 2. The van der Waals surface area contributed by atoms with Gasteiger partial charge in [0.1, 0.15) is 5.02 Å². The van der Waals surface area contributed by atoms with Crippen LogP contribution in [0.1, 0.15) is 42.6 Å². The lowest BCUT2D eigenvalue weighted by molar-refractivity contribution is -0.384. The number of hydrogen-bond donors (Lipinski definition) is 1. The van der Waals surface area contributed by atoms with Gasteiger partial charge in [-0.2, -0.15) is 0 Å². The van der Waals surface area contributed by atoms with E-state index in [2.05, 4.69) is 19.2 Å². The molecule has 27 heavy (non-hydrogen) atoms. The van der Waals surface area contributed by atoms with Crippen molar-refractivity contribution >= 4 is 34.9 Å². The molecule has 0 spiro atoms. The van der Waals surface area contributed by atoms with Crippen molar-refractivity contribution in [3.8, 4) is 0 Å². The molecule has 0 radical (unpaired) electrons. The van der Waals surface area contributed by atoms with Gasteiger partial charge < -0.3 is 10.1 Å². The summed E-state index contributed by atoms with van der Waals surface area (Å²) in [7, 11) is 0. The third-order valence-electron chi connectivity index (χ3n) is 3.88. The predicted molar refractivity (Wildman–Crippen MR) is 102 cm³/mol. The summed E-state index contributed by atoms with van der Waals surface area (Å²) in [6.07, 6.45) is -1.09. The molecule has 0 saturated heterocycles. The number of nitrogens with one attached hydrogen (secondary N) is 1. The first-order valence-corrected chi connectivity index (χ1v) is 8.62. The van der Waals surface area contributed by atoms with Gasteiger partial charge in [0.05, 0.1) is 10.5 Å². The van der Waals surface area contributed by atoms with Crippen LogP contribution in [0.15, 0.2) is 42.5 Å². The van der Waals surface area contributed by atoms with Crippen molar-refractivity contribution in [2.45, 2.75) is 32.8 Å². The van der Waals surface area contributed by atoms with Crippen LogP contribution in [0.25, 0.3) is 0 Å². The van der Waals surface area contributed by atoms with Crippen LogP contribution in [0.3, 0.4) is 0 Å². The number of hydrogen-bond acceptors (Lipinski definition) is 5. The molecule has 8 heteroatoms. The zero-order valence-electron chi connectivity index (χ0n) is 15.1. The molecule has 0 saturated carbocycles. The number of ether oxygens (including phenoxy) is 1. The average Bonchev–Trinajstić information content (AvgIpc) is 2.62. The third-order valence-corrected chi connectivity index (χ3v) is 4.20. The van der Waals surface area contributed by atoms with Crippen molar-refractivity contribution in [3.63, 3.8) is 0 Å². The number of benzene rings is 2. The fourth-order valence-electron chi connectivity index (χ4n) is 2.26. The van der Waals surface area contributed by atoms with E-state index < -0.39 is 28.6 Å². The Hall–Kier alpha value is -2.93. The van der Waals surface area contributed by atoms with Gasteiger partial charge in [-0.05, 0) is 42.7 Å². The highest BCUT2D eigenvalue weighted by Gasteiger charge is 2.22. The van der Waals surface area contributed by atoms with Crippen molar-refractivity contribution in [2.75, 3.05) is 5.32 Å². The van der Waals surface area contributed by atoms with Gasteiger partial charge in [0.15, 0.2) is 6.10 Å². The highest BCUT2D eigenvalue weighted by Crippen LogP contribution is 2.25. The molecule has 1 N–H and O–H groups in total. The second-order valence-electron chi connectivity index (χ2n) is 6.24. The van der Waals surface area contributed by atoms with E-state index in [0.717, 1.165) is 11.6 Å². The van der Waals surface area contributed by atoms with Gasteiger partial charge in [0.25, 0.3) is 11.6 Å². The van der Waals surface area contributed by atoms with Crippen LogP contribution in [0.5, 0.6) is 0 Å². The van der Waals surface area contributed by atoms with Crippen LogP contribution in [0.2, 0.25) is 5.02 Å². The minimum atomic E-state index is -1.09. The first-order chi connectivity index (χ1) is 12.7. The minimum Gasteiger partial charge on any atom is -0.449 e. The molecule has 2 rings (SSSR count). The molecule has 0 aliphatic rings. The summed E-state index contributed by atoms with van der Waals surface area (Å²) in [5.41, 5.74) is 1.24. The molecular weight excluding hydrogens is 372 g/mol. The Kier molecular flexibility index (Phi) is 6.52. The van der Waals surface area contributed by atoms with Crippen LogP contribution < -0.4 is 5.32 Å². The number of carbonyl (C=O) groups excluding carboxylic acids is 2. The van der Waals surface area contributed by atoms with Gasteiger partial charge in [-0.15, -0.1) is 0 Å². The molecule has 2 aromatic rings. The number of anilines is 1. The molecule has 0 bridgehead atoms. The van der Waals surface area contributed by atoms with Crippen molar-refractivity contribution in [3.05, 3.63) is 68.7 Å². The standard InChI is InChI=1S/C19H19ClN2O5/c1-11(2)13-4-7-15(8-5-13)21-18(23)12(3)27-19(24)14-6-9-16(20)17(10-14)22(25)26/h4-12H,1-3H3,(H,21,23)/t12-/m0/s1. The molecule has 7 nitrogen and oxygen atoms in total. The molecule has 2 aromatic carbocycles. The van der Waals surface area contributed by atoms with Crippen molar-refractivity contribution in [1.82, 2.24) is 0 Å². The second kappa shape index (κ2) is 8.64. The number of esters is 1. The van der Waals surface area contributed by atoms with Crippen LogP contribution in [0.4, 0.5) is 11.4 Å². The van der Waals surface area contributed by atoms with E-state index in [0.29, 0.717) is 11.6 Å². The van der Waals surface area contributed by atoms with Gasteiger partial charge in [-0.25, -0.2) is 4.79 Å². The number of nitrogens with zero attached hydrogens (tertiary/aromatic N) is 1. The Labute approximate surface area is 161 Å². The molecule has 0 aliphatic heterocycles. The lowest BCUT2D eigenvalue weighted by atomic mass is 10.0. The van der Waals surface area contributed by atoms with Gasteiger partial charge in [0.2, 0.25) is 0 Å². The maximum atomic E-state index is 12.2. The number of nitro benzene ring substituents is 1. The maximum Gasteiger partial charge on any atom is 0.339 e. The normalized spacial score (nSPS) is 11.7. The zero-order chi connectivity index (χ0) is 20.1. The predicted octanol–water partition coefficient (Wildman–Crippen LogP) is 4.56. The highest BCUT2D eigenvalue weighted by molar-refractivity contribution is 6.32. The molecule has 142 valence electrons. The van der Waals surface area contributed by atoms with E-state index >= 15 is 0 Å². The quantitative estimate of drug-likeness (QED) is 0.443. The Balaban J connectivity index is 2.02. The maximum absolute atomic E-state index is 12.2. The van der Waals surface area contributed by atoms with Crippen LogP contribution in [0, 0.1) is 10.1 Å². The fraction of sp³-hybridized carbons (Fsp3) is 0.263. The summed E-state index contributed by atoms with van der Waals surface area (Å²) >= 11 is 5.71. The van der Waals surface area contributed by atoms with Crippen LogP contribution in [-0.4, -0.2) is 22.9 Å². The summed E-state index contributed by atoms with van der Waals surface area (Å²) in [5, 5.41) is 13.5. The largest absolute Gasteiger partial charge is 0.449 e. The average molecular weight is 391 g/mol. The lowest BCUT2D eigenvalue weighted by Crippen LogP contribution is -2.30. The van der Waals surface area contributed by atoms with Crippen LogP contribution >= 0.6 is 11.6 Å². The van der Waals surface area contributed by atoms with E-state index in [4.69, 9.17) is 16.3 Å². The van der Waals surface area contributed by atoms with E-state index in [9.17, 15) is 19.7 Å². The van der Waals surface area contributed by atoms with Gasteiger partial charge in [0, 0.05) is 11.8 Å².